The Labute approximate surface area is 209 Å². The molecule has 0 spiro atoms. The van der Waals surface area contributed by atoms with Crippen LogP contribution in [0.1, 0.15) is 35.1 Å². The Morgan fingerprint density at radius 1 is 0.914 bits per heavy atom. The number of Topliss-reactive ketones (excluding diaryl/α,β-unsaturated/α-hetero) is 1. The third-order valence-electron chi connectivity index (χ3n) is 5.43. The number of anilines is 2. The Morgan fingerprint density at radius 3 is 2.34 bits per heavy atom. The molecule has 35 heavy (non-hydrogen) atoms. The van der Waals surface area contributed by atoms with E-state index in [0.29, 0.717) is 30.0 Å². The quantitative estimate of drug-likeness (QED) is 0.227. The molecular formula is C27H27N5O2S. The van der Waals surface area contributed by atoms with Crippen molar-refractivity contribution in [3.63, 3.8) is 0 Å². The molecule has 2 N–H and O–H groups in total. The summed E-state index contributed by atoms with van der Waals surface area (Å²) in [5, 5.41) is 15.9. The second kappa shape index (κ2) is 11.5. The van der Waals surface area contributed by atoms with Gasteiger partial charge in [-0.05, 0) is 61.9 Å². The van der Waals surface area contributed by atoms with Crippen molar-refractivity contribution >= 4 is 34.8 Å². The van der Waals surface area contributed by atoms with E-state index in [4.69, 9.17) is 0 Å². The second-order valence-corrected chi connectivity index (χ2v) is 9.08. The Bertz CT molecular complexity index is 1300. The van der Waals surface area contributed by atoms with Gasteiger partial charge in [-0.3, -0.25) is 14.2 Å². The predicted octanol–water partition coefficient (Wildman–Crippen LogP) is 5.51. The van der Waals surface area contributed by atoms with Gasteiger partial charge in [0.25, 0.3) is 0 Å². The first-order chi connectivity index (χ1) is 17.0. The number of para-hydroxylation sites is 2. The highest BCUT2D eigenvalue weighted by Crippen LogP contribution is 2.24. The number of amides is 1. The van der Waals surface area contributed by atoms with Gasteiger partial charge in [-0.25, -0.2) is 0 Å². The fourth-order valence-corrected chi connectivity index (χ4v) is 4.45. The van der Waals surface area contributed by atoms with Gasteiger partial charge in [-0.2, -0.15) is 0 Å². The number of carbonyl (C=O) groups excluding carboxylic acids is 2. The molecule has 1 heterocycles. The summed E-state index contributed by atoms with van der Waals surface area (Å²) < 4.78 is 2.02. The Morgan fingerprint density at radius 2 is 1.63 bits per heavy atom. The molecule has 0 bridgehead atoms. The van der Waals surface area contributed by atoms with Crippen molar-refractivity contribution in [3.05, 3.63) is 95.8 Å². The minimum atomic E-state index is -0.0969. The van der Waals surface area contributed by atoms with Crippen LogP contribution in [0.3, 0.4) is 0 Å². The zero-order chi connectivity index (χ0) is 24.6. The van der Waals surface area contributed by atoms with E-state index in [2.05, 4.69) is 33.8 Å². The molecule has 0 saturated heterocycles. The molecule has 0 unspecified atom stereocenters. The summed E-state index contributed by atoms with van der Waals surface area (Å²) in [7, 11) is 0. The zero-order valence-electron chi connectivity index (χ0n) is 19.7. The fraction of sp³-hybridized carbons (Fsp3) is 0.185. The van der Waals surface area contributed by atoms with Gasteiger partial charge in [0.1, 0.15) is 0 Å². The summed E-state index contributed by atoms with van der Waals surface area (Å²) in [6.45, 7) is 4.10. The standard InChI is InChI=1S/C27H27N5O2S/c1-19-8-6-7-11-24(19)28-18-25-30-31-27(32(25)23-9-4-3-5-10-23)35-17-16-26(34)29-22-14-12-21(13-15-22)20(2)33/h3-15,28H,16-18H2,1-2H3,(H,29,34). The average molecular weight is 486 g/mol. The van der Waals surface area contributed by atoms with Gasteiger partial charge >= 0.3 is 0 Å². The molecule has 1 amide bonds. The van der Waals surface area contributed by atoms with Crippen molar-refractivity contribution in [2.24, 2.45) is 0 Å². The first-order valence-electron chi connectivity index (χ1n) is 11.3. The second-order valence-electron chi connectivity index (χ2n) is 8.02. The summed E-state index contributed by atoms with van der Waals surface area (Å²) in [6.07, 6.45) is 0.317. The lowest BCUT2D eigenvalue weighted by Crippen LogP contribution is -2.12. The Kier molecular flexibility index (Phi) is 7.95. The van der Waals surface area contributed by atoms with Crippen LogP contribution in [-0.2, 0) is 11.3 Å². The number of carbonyl (C=O) groups is 2. The van der Waals surface area contributed by atoms with Gasteiger partial charge in [0, 0.05) is 34.8 Å². The van der Waals surface area contributed by atoms with Crippen molar-refractivity contribution in [1.82, 2.24) is 14.8 Å². The highest BCUT2D eigenvalue weighted by Gasteiger charge is 2.15. The Balaban J connectivity index is 1.41. The van der Waals surface area contributed by atoms with Gasteiger partial charge in [0.05, 0.1) is 6.54 Å². The summed E-state index contributed by atoms with van der Waals surface area (Å²) in [6, 6.07) is 25.0. The Hall–Kier alpha value is -3.91. The number of hydrogen-bond acceptors (Lipinski definition) is 6. The number of rotatable bonds is 10. The van der Waals surface area contributed by atoms with Crippen molar-refractivity contribution < 1.29 is 9.59 Å². The number of thioether (sulfide) groups is 1. The molecule has 8 heteroatoms. The van der Waals surface area contributed by atoms with E-state index in [1.54, 1.807) is 24.3 Å². The van der Waals surface area contributed by atoms with E-state index in [0.717, 1.165) is 27.9 Å². The predicted molar refractivity (Wildman–Crippen MR) is 140 cm³/mol. The van der Waals surface area contributed by atoms with Crippen LogP contribution in [0.4, 0.5) is 11.4 Å². The van der Waals surface area contributed by atoms with Crippen LogP contribution in [0.2, 0.25) is 0 Å². The first-order valence-corrected chi connectivity index (χ1v) is 12.3. The van der Waals surface area contributed by atoms with E-state index in [-0.39, 0.29) is 11.7 Å². The van der Waals surface area contributed by atoms with Crippen LogP contribution in [0.5, 0.6) is 0 Å². The first kappa shape index (κ1) is 24.2. The molecule has 1 aromatic heterocycles. The van der Waals surface area contributed by atoms with Crippen LogP contribution < -0.4 is 10.6 Å². The monoisotopic (exact) mass is 485 g/mol. The highest BCUT2D eigenvalue weighted by atomic mass is 32.2. The van der Waals surface area contributed by atoms with E-state index in [1.165, 1.54) is 18.7 Å². The van der Waals surface area contributed by atoms with Crippen molar-refractivity contribution in [1.29, 1.82) is 0 Å². The van der Waals surface area contributed by atoms with Gasteiger partial charge < -0.3 is 10.6 Å². The molecule has 4 rings (SSSR count). The highest BCUT2D eigenvalue weighted by molar-refractivity contribution is 7.99. The molecule has 178 valence electrons. The number of nitrogens with zero attached hydrogens (tertiary/aromatic N) is 3. The van der Waals surface area contributed by atoms with E-state index in [1.807, 2.05) is 53.1 Å². The molecule has 4 aromatic rings. The number of ketones is 1. The molecule has 7 nitrogen and oxygen atoms in total. The minimum absolute atomic E-state index is 0.00437. The van der Waals surface area contributed by atoms with Gasteiger partial charge in [0.2, 0.25) is 5.91 Å². The van der Waals surface area contributed by atoms with Gasteiger partial charge in [-0.15, -0.1) is 10.2 Å². The molecule has 0 saturated carbocycles. The van der Waals surface area contributed by atoms with Crippen LogP contribution in [0, 0.1) is 6.92 Å². The third kappa shape index (κ3) is 6.36. The van der Waals surface area contributed by atoms with Crippen molar-refractivity contribution in [3.8, 4) is 5.69 Å². The van der Waals surface area contributed by atoms with Crippen LogP contribution in [-0.4, -0.2) is 32.2 Å². The van der Waals surface area contributed by atoms with E-state index >= 15 is 0 Å². The maximum absolute atomic E-state index is 12.4. The summed E-state index contributed by atoms with van der Waals surface area (Å²) >= 11 is 1.49. The minimum Gasteiger partial charge on any atom is -0.378 e. The summed E-state index contributed by atoms with van der Waals surface area (Å²) in [5.74, 6) is 1.24. The number of aromatic nitrogens is 3. The number of hydrogen-bond donors (Lipinski definition) is 2. The van der Waals surface area contributed by atoms with Crippen LogP contribution in [0.15, 0.2) is 84.0 Å². The topological polar surface area (TPSA) is 88.9 Å². The molecule has 3 aromatic carbocycles. The largest absolute Gasteiger partial charge is 0.378 e. The normalized spacial score (nSPS) is 10.7. The molecule has 0 radical (unpaired) electrons. The maximum Gasteiger partial charge on any atom is 0.225 e. The number of aryl methyl sites for hydroxylation is 1. The molecule has 0 aliphatic carbocycles. The molecule has 0 atom stereocenters. The smallest absolute Gasteiger partial charge is 0.225 e. The summed E-state index contributed by atoms with van der Waals surface area (Å²) in [4.78, 5) is 23.8. The van der Waals surface area contributed by atoms with Crippen molar-refractivity contribution in [2.75, 3.05) is 16.4 Å². The number of benzene rings is 3. The maximum atomic E-state index is 12.4. The lowest BCUT2D eigenvalue weighted by molar-refractivity contribution is -0.115. The van der Waals surface area contributed by atoms with E-state index < -0.39 is 0 Å². The molecule has 0 aliphatic heterocycles. The van der Waals surface area contributed by atoms with Crippen molar-refractivity contribution in [2.45, 2.75) is 32.0 Å². The molecule has 0 aliphatic rings. The number of nitrogens with one attached hydrogen (secondary N) is 2. The molecule has 0 fully saturated rings. The zero-order valence-corrected chi connectivity index (χ0v) is 20.5. The van der Waals surface area contributed by atoms with E-state index in [9.17, 15) is 9.59 Å². The van der Waals surface area contributed by atoms with Crippen LogP contribution >= 0.6 is 11.8 Å². The third-order valence-corrected chi connectivity index (χ3v) is 6.36. The average Bonchev–Trinajstić information content (AvgIpc) is 3.27. The van der Waals surface area contributed by atoms with Gasteiger partial charge in [0.15, 0.2) is 16.8 Å². The lowest BCUT2D eigenvalue weighted by atomic mass is 10.1. The lowest BCUT2D eigenvalue weighted by Gasteiger charge is -2.12. The molecular weight excluding hydrogens is 458 g/mol. The van der Waals surface area contributed by atoms with Crippen LogP contribution in [0.25, 0.3) is 5.69 Å². The van der Waals surface area contributed by atoms with Gasteiger partial charge in [-0.1, -0.05) is 48.2 Å². The SMILES string of the molecule is CC(=O)c1ccc(NC(=O)CCSc2nnc(CNc3ccccc3C)n2-c2ccccc2)cc1. The fourth-order valence-electron chi connectivity index (χ4n) is 3.54. The summed E-state index contributed by atoms with van der Waals surface area (Å²) in [5.41, 5.74) is 4.47.